The molecule has 0 saturated heterocycles. The van der Waals surface area contributed by atoms with E-state index in [1.54, 1.807) is 12.1 Å². The minimum absolute atomic E-state index is 0. The SMILES string of the molecule is CCOC1CC(N)(C(=O)NCCc2ccc(OC)c(F)c2)C1(C)C.Cl. The molecular weight excluding hydrogens is 347 g/mol. The quantitative estimate of drug-likeness (QED) is 0.768. The third kappa shape index (κ3) is 4.07. The first kappa shape index (κ1) is 21.7. The van der Waals surface area contributed by atoms with E-state index < -0.39 is 16.8 Å². The molecule has 1 aliphatic rings. The molecule has 1 amide bonds. The zero-order valence-electron chi connectivity index (χ0n) is 15.2. The van der Waals surface area contributed by atoms with E-state index in [0.29, 0.717) is 26.0 Å². The summed E-state index contributed by atoms with van der Waals surface area (Å²) in [7, 11) is 1.43. The van der Waals surface area contributed by atoms with E-state index in [1.165, 1.54) is 13.2 Å². The van der Waals surface area contributed by atoms with Crippen LogP contribution >= 0.6 is 12.4 Å². The molecular formula is C18H28ClFN2O3. The zero-order chi connectivity index (χ0) is 18.0. The number of benzene rings is 1. The third-order valence-electron chi connectivity index (χ3n) is 5.15. The molecule has 0 heterocycles. The van der Waals surface area contributed by atoms with E-state index >= 15 is 0 Å². The first-order chi connectivity index (χ1) is 11.3. The highest BCUT2D eigenvalue weighted by Crippen LogP contribution is 2.49. The van der Waals surface area contributed by atoms with Gasteiger partial charge >= 0.3 is 0 Å². The van der Waals surface area contributed by atoms with Crippen molar-refractivity contribution in [3.8, 4) is 5.75 Å². The van der Waals surface area contributed by atoms with Crippen LogP contribution in [0.4, 0.5) is 4.39 Å². The maximum Gasteiger partial charge on any atom is 0.240 e. The molecule has 1 aromatic carbocycles. The number of carbonyl (C=O) groups excluding carboxylic acids is 1. The predicted octanol–water partition coefficient (Wildman–Crippen LogP) is 2.45. The maximum atomic E-state index is 13.7. The molecule has 2 rings (SSSR count). The van der Waals surface area contributed by atoms with E-state index in [2.05, 4.69) is 5.32 Å². The molecule has 2 unspecified atom stereocenters. The average Bonchev–Trinajstić information content (AvgIpc) is 2.54. The molecule has 3 N–H and O–H groups in total. The highest BCUT2D eigenvalue weighted by molar-refractivity contribution is 5.88. The summed E-state index contributed by atoms with van der Waals surface area (Å²) in [5.41, 5.74) is 5.76. The second kappa shape index (κ2) is 8.34. The van der Waals surface area contributed by atoms with Crippen LogP contribution < -0.4 is 15.8 Å². The summed E-state index contributed by atoms with van der Waals surface area (Å²) in [5, 5.41) is 2.87. The van der Waals surface area contributed by atoms with E-state index in [-0.39, 0.29) is 30.2 Å². The van der Waals surface area contributed by atoms with Gasteiger partial charge in [-0.05, 0) is 31.0 Å². The summed E-state index contributed by atoms with van der Waals surface area (Å²) in [6.45, 7) is 6.85. The van der Waals surface area contributed by atoms with Gasteiger partial charge in [-0.3, -0.25) is 4.79 Å². The number of carbonyl (C=O) groups is 1. The Kier molecular flexibility index (Phi) is 7.23. The van der Waals surface area contributed by atoms with Gasteiger partial charge in [0.1, 0.15) is 5.54 Å². The van der Waals surface area contributed by atoms with Crippen molar-refractivity contribution in [3.63, 3.8) is 0 Å². The Hall–Kier alpha value is -1.37. The molecule has 5 nitrogen and oxygen atoms in total. The van der Waals surface area contributed by atoms with Gasteiger partial charge in [-0.25, -0.2) is 4.39 Å². The lowest BCUT2D eigenvalue weighted by atomic mass is 9.54. The number of nitrogens with one attached hydrogen (secondary N) is 1. The zero-order valence-corrected chi connectivity index (χ0v) is 16.0. The van der Waals surface area contributed by atoms with Gasteiger partial charge in [0.15, 0.2) is 11.6 Å². The van der Waals surface area contributed by atoms with Crippen LogP contribution in [0, 0.1) is 11.2 Å². The Bertz CT molecular complexity index is 612. The predicted molar refractivity (Wildman–Crippen MR) is 97.6 cm³/mol. The Morgan fingerprint density at radius 3 is 2.64 bits per heavy atom. The van der Waals surface area contributed by atoms with Gasteiger partial charge in [-0.1, -0.05) is 19.9 Å². The summed E-state index contributed by atoms with van der Waals surface area (Å²) in [6.07, 6.45) is 1.03. The average molecular weight is 375 g/mol. The number of methoxy groups -OCH3 is 1. The number of nitrogens with two attached hydrogens (primary N) is 1. The highest BCUT2D eigenvalue weighted by Gasteiger charge is 2.62. The summed E-state index contributed by atoms with van der Waals surface area (Å²) in [5.74, 6) is -0.379. The van der Waals surface area contributed by atoms with Gasteiger partial charge in [0.2, 0.25) is 5.91 Å². The fraction of sp³-hybridized carbons (Fsp3) is 0.611. The van der Waals surface area contributed by atoms with Crippen molar-refractivity contribution in [2.24, 2.45) is 11.1 Å². The van der Waals surface area contributed by atoms with Crippen LogP contribution in [0.5, 0.6) is 5.75 Å². The molecule has 0 radical (unpaired) electrons. The fourth-order valence-electron chi connectivity index (χ4n) is 3.16. The van der Waals surface area contributed by atoms with Crippen molar-refractivity contribution in [2.75, 3.05) is 20.3 Å². The van der Waals surface area contributed by atoms with Crippen molar-refractivity contribution < 1.29 is 18.7 Å². The lowest BCUT2D eigenvalue weighted by Crippen LogP contribution is -2.75. The minimum Gasteiger partial charge on any atom is -0.494 e. The monoisotopic (exact) mass is 374 g/mol. The Labute approximate surface area is 154 Å². The second-order valence-corrected chi connectivity index (χ2v) is 6.82. The van der Waals surface area contributed by atoms with Crippen LogP contribution in [0.3, 0.4) is 0 Å². The molecule has 1 saturated carbocycles. The number of amides is 1. The third-order valence-corrected chi connectivity index (χ3v) is 5.15. The molecule has 2 atom stereocenters. The van der Waals surface area contributed by atoms with Crippen molar-refractivity contribution in [1.29, 1.82) is 0 Å². The van der Waals surface area contributed by atoms with E-state index in [9.17, 15) is 9.18 Å². The van der Waals surface area contributed by atoms with Crippen LogP contribution in [-0.4, -0.2) is 37.8 Å². The molecule has 25 heavy (non-hydrogen) atoms. The molecule has 0 aromatic heterocycles. The van der Waals surface area contributed by atoms with Crippen molar-refractivity contribution in [2.45, 2.75) is 45.3 Å². The summed E-state index contributed by atoms with van der Waals surface area (Å²) in [6, 6.07) is 4.78. The number of hydrogen-bond acceptors (Lipinski definition) is 4. The largest absolute Gasteiger partial charge is 0.494 e. The topological polar surface area (TPSA) is 73.6 Å². The molecule has 1 aromatic rings. The maximum absolute atomic E-state index is 13.7. The van der Waals surface area contributed by atoms with Gasteiger partial charge in [0.25, 0.3) is 0 Å². The van der Waals surface area contributed by atoms with Crippen LogP contribution in [-0.2, 0) is 16.0 Å². The molecule has 0 bridgehead atoms. The van der Waals surface area contributed by atoms with Gasteiger partial charge in [-0.15, -0.1) is 12.4 Å². The van der Waals surface area contributed by atoms with Crippen molar-refractivity contribution in [1.82, 2.24) is 5.32 Å². The number of hydrogen-bond donors (Lipinski definition) is 2. The van der Waals surface area contributed by atoms with Gasteiger partial charge in [0, 0.05) is 25.0 Å². The van der Waals surface area contributed by atoms with Gasteiger partial charge < -0.3 is 20.5 Å². The first-order valence-corrected chi connectivity index (χ1v) is 8.27. The first-order valence-electron chi connectivity index (χ1n) is 8.27. The molecule has 142 valence electrons. The number of ether oxygens (including phenoxy) is 2. The minimum atomic E-state index is -0.933. The van der Waals surface area contributed by atoms with Crippen LogP contribution in [0.2, 0.25) is 0 Å². The van der Waals surface area contributed by atoms with Crippen molar-refractivity contribution >= 4 is 18.3 Å². The molecule has 7 heteroatoms. The Morgan fingerprint density at radius 2 is 2.12 bits per heavy atom. The summed E-state index contributed by atoms with van der Waals surface area (Å²) < 4.78 is 24.2. The van der Waals surface area contributed by atoms with E-state index in [0.717, 1.165) is 5.56 Å². The van der Waals surface area contributed by atoms with Gasteiger partial charge in [-0.2, -0.15) is 0 Å². The van der Waals surface area contributed by atoms with E-state index in [4.69, 9.17) is 15.2 Å². The van der Waals surface area contributed by atoms with E-state index in [1.807, 2.05) is 20.8 Å². The molecule has 1 aliphatic carbocycles. The number of rotatable bonds is 7. The Morgan fingerprint density at radius 1 is 1.44 bits per heavy atom. The standard InChI is InChI=1S/C18H27FN2O3.ClH/c1-5-24-15-11-18(20,17(15,2)3)16(22)21-9-8-12-6-7-14(23-4)13(19)10-12;/h6-7,10,15H,5,8-9,11,20H2,1-4H3,(H,21,22);1H. The summed E-state index contributed by atoms with van der Waals surface area (Å²) in [4.78, 5) is 12.5. The normalized spacial score (nSPS) is 24.0. The second-order valence-electron chi connectivity index (χ2n) is 6.82. The lowest BCUT2D eigenvalue weighted by molar-refractivity contribution is -0.170. The summed E-state index contributed by atoms with van der Waals surface area (Å²) >= 11 is 0. The van der Waals surface area contributed by atoms with Gasteiger partial charge in [0.05, 0.1) is 13.2 Å². The van der Waals surface area contributed by atoms with Crippen LogP contribution in [0.1, 0.15) is 32.8 Å². The fourth-order valence-corrected chi connectivity index (χ4v) is 3.16. The smallest absolute Gasteiger partial charge is 0.240 e. The van der Waals surface area contributed by atoms with Crippen LogP contribution in [0.25, 0.3) is 0 Å². The Balaban J connectivity index is 0.00000312. The van der Waals surface area contributed by atoms with Crippen molar-refractivity contribution in [3.05, 3.63) is 29.6 Å². The van der Waals surface area contributed by atoms with Crippen LogP contribution in [0.15, 0.2) is 18.2 Å². The molecule has 0 spiro atoms. The highest BCUT2D eigenvalue weighted by atomic mass is 35.5. The number of halogens is 2. The molecule has 1 fully saturated rings. The molecule has 0 aliphatic heterocycles. The lowest BCUT2D eigenvalue weighted by Gasteiger charge is -2.57.